The molecule has 0 bridgehead atoms. The Hall–Kier alpha value is -1.06. The lowest BCUT2D eigenvalue weighted by Crippen LogP contribution is -2.56. The average Bonchev–Trinajstić information content (AvgIpc) is 2.78. The molecule has 3 N–H and O–H groups in total. The van der Waals surface area contributed by atoms with E-state index in [2.05, 4.69) is 6.07 Å². The van der Waals surface area contributed by atoms with E-state index in [1.807, 2.05) is 19.9 Å². The van der Waals surface area contributed by atoms with E-state index in [1.54, 1.807) is 0 Å². The minimum atomic E-state index is -0.606. The van der Waals surface area contributed by atoms with Crippen LogP contribution in [0.1, 0.15) is 48.5 Å². The van der Waals surface area contributed by atoms with Gasteiger partial charge in [-0.05, 0) is 51.2 Å². The zero-order valence-corrected chi connectivity index (χ0v) is 11.1. The van der Waals surface area contributed by atoms with Crippen LogP contribution in [0.4, 0.5) is 0 Å². The first-order chi connectivity index (χ1) is 8.53. The second-order valence-electron chi connectivity index (χ2n) is 5.84. The molecule has 3 heteroatoms. The molecule has 0 aromatic heterocycles. The fraction of sp³-hybridized carbons (Fsp3) is 0.600. The molecule has 18 heavy (non-hydrogen) atoms. The van der Waals surface area contributed by atoms with E-state index >= 15 is 0 Å². The third kappa shape index (κ3) is 1.57. The van der Waals surface area contributed by atoms with Crippen LogP contribution in [-0.4, -0.2) is 16.7 Å². The highest BCUT2D eigenvalue weighted by Crippen LogP contribution is 2.47. The highest BCUT2D eigenvalue weighted by molar-refractivity contribution is 5.48. The van der Waals surface area contributed by atoms with Gasteiger partial charge in [-0.2, -0.15) is 0 Å². The summed E-state index contributed by atoms with van der Waals surface area (Å²) in [4.78, 5) is 0. The van der Waals surface area contributed by atoms with Gasteiger partial charge in [0.2, 0.25) is 0 Å². The molecule has 3 nitrogen and oxygen atoms in total. The van der Waals surface area contributed by atoms with Gasteiger partial charge >= 0.3 is 0 Å². The number of nitrogens with two attached hydrogens (primary N) is 1. The van der Waals surface area contributed by atoms with E-state index < -0.39 is 6.10 Å². The lowest BCUT2D eigenvalue weighted by molar-refractivity contribution is -0.0321. The van der Waals surface area contributed by atoms with Gasteiger partial charge in [0.15, 0.2) is 0 Å². The monoisotopic (exact) mass is 247 g/mol. The molecule has 98 valence electrons. The van der Waals surface area contributed by atoms with Crippen molar-refractivity contribution in [3.63, 3.8) is 0 Å². The number of aryl methyl sites for hydroxylation is 2. The lowest BCUT2D eigenvalue weighted by Gasteiger charge is -2.44. The van der Waals surface area contributed by atoms with Gasteiger partial charge in [0.05, 0.1) is 6.04 Å². The fourth-order valence-corrected chi connectivity index (χ4v) is 3.51. The van der Waals surface area contributed by atoms with Crippen LogP contribution >= 0.6 is 0 Å². The maximum Gasteiger partial charge on any atom is 0.129 e. The zero-order chi connectivity index (χ0) is 12.9. The van der Waals surface area contributed by atoms with Crippen LogP contribution in [0.3, 0.4) is 0 Å². The molecule has 0 radical (unpaired) electrons. The van der Waals surface area contributed by atoms with Crippen LogP contribution in [0.2, 0.25) is 0 Å². The summed E-state index contributed by atoms with van der Waals surface area (Å²) in [5.41, 5.74) is 9.02. The molecule has 1 aliphatic carbocycles. The van der Waals surface area contributed by atoms with Gasteiger partial charge in [0.1, 0.15) is 17.5 Å². The van der Waals surface area contributed by atoms with Gasteiger partial charge < -0.3 is 15.6 Å². The topological polar surface area (TPSA) is 55.5 Å². The van der Waals surface area contributed by atoms with Crippen LogP contribution in [0.5, 0.6) is 5.75 Å². The molecule has 2 unspecified atom stereocenters. The Morgan fingerprint density at radius 1 is 1.28 bits per heavy atom. The minimum absolute atomic E-state index is 0.311. The van der Waals surface area contributed by atoms with E-state index in [0.29, 0.717) is 0 Å². The maximum atomic E-state index is 10.5. The summed E-state index contributed by atoms with van der Waals surface area (Å²) in [6.07, 6.45) is 3.59. The molecule has 0 amide bonds. The van der Waals surface area contributed by atoms with Crippen molar-refractivity contribution in [1.29, 1.82) is 0 Å². The van der Waals surface area contributed by atoms with E-state index in [1.165, 1.54) is 0 Å². The molecule has 2 aliphatic rings. The van der Waals surface area contributed by atoms with Crippen LogP contribution < -0.4 is 10.5 Å². The molecule has 1 aliphatic heterocycles. The Morgan fingerprint density at radius 2 is 1.94 bits per heavy atom. The number of rotatable bonds is 0. The highest BCUT2D eigenvalue weighted by Gasteiger charge is 2.49. The number of aliphatic hydroxyl groups excluding tert-OH is 1. The Bertz CT molecular complexity index is 478. The Labute approximate surface area is 108 Å². The smallest absolute Gasteiger partial charge is 0.129 e. The maximum absolute atomic E-state index is 10.5. The first-order valence-electron chi connectivity index (χ1n) is 6.77. The van der Waals surface area contributed by atoms with Gasteiger partial charge in [-0.15, -0.1) is 0 Å². The highest BCUT2D eigenvalue weighted by atomic mass is 16.5. The predicted molar refractivity (Wildman–Crippen MR) is 70.7 cm³/mol. The molecule has 1 fully saturated rings. The molecule has 3 rings (SSSR count). The van der Waals surface area contributed by atoms with E-state index in [-0.39, 0.29) is 11.6 Å². The second-order valence-corrected chi connectivity index (χ2v) is 5.84. The molecule has 0 saturated heterocycles. The number of benzene rings is 1. The largest absolute Gasteiger partial charge is 0.485 e. The summed E-state index contributed by atoms with van der Waals surface area (Å²) in [7, 11) is 0. The van der Waals surface area contributed by atoms with Crippen molar-refractivity contribution in [1.82, 2.24) is 0 Å². The summed E-state index contributed by atoms with van der Waals surface area (Å²) < 4.78 is 6.26. The third-order valence-electron chi connectivity index (χ3n) is 4.47. The van der Waals surface area contributed by atoms with Crippen molar-refractivity contribution in [2.45, 2.75) is 57.3 Å². The molecular formula is C15H21NO2. The molecule has 1 aromatic rings. The number of hydrogen-bond acceptors (Lipinski definition) is 3. The third-order valence-corrected chi connectivity index (χ3v) is 4.47. The molecule has 1 saturated carbocycles. The Kier molecular flexibility index (Phi) is 2.65. The SMILES string of the molecule is Cc1cc(C)c2c(c1)C(O)C(N)C1(CCCC1)O2. The van der Waals surface area contributed by atoms with Crippen molar-refractivity contribution in [3.8, 4) is 5.75 Å². The van der Waals surface area contributed by atoms with Gasteiger partial charge in [0.25, 0.3) is 0 Å². The van der Waals surface area contributed by atoms with Crippen LogP contribution in [0.25, 0.3) is 0 Å². The van der Waals surface area contributed by atoms with Crippen molar-refractivity contribution in [2.75, 3.05) is 0 Å². The lowest BCUT2D eigenvalue weighted by atomic mass is 9.82. The van der Waals surface area contributed by atoms with Crippen molar-refractivity contribution >= 4 is 0 Å². The Balaban J connectivity index is 2.11. The molecular weight excluding hydrogens is 226 g/mol. The van der Waals surface area contributed by atoms with Gasteiger partial charge in [-0.25, -0.2) is 0 Å². The summed E-state index contributed by atoms with van der Waals surface area (Å²) in [6, 6.07) is 3.79. The van der Waals surface area contributed by atoms with E-state index in [4.69, 9.17) is 10.5 Å². The zero-order valence-electron chi connectivity index (χ0n) is 11.1. The number of ether oxygens (including phenoxy) is 1. The van der Waals surface area contributed by atoms with Crippen molar-refractivity contribution in [2.24, 2.45) is 5.73 Å². The molecule has 2 atom stereocenters. The first kappa shape index (κ1) is 12.0. The molecule has 1 aromatic carbocycles. The van der Waals surface area contributed by atoms with Gasteiger partial charge in [-0.3, -0.25) is 0 Å². The number of aliphatic hydroxyl groups is 1. The first-order valence-corrected chi connectivity index (χ1v) is 6.77. The minimum Gasteiger partial charge on any atom is -0.485 e. The average molecular weight is 247 g/mol. The van der Waals surface area contributed by atoms with Crippen molar-refractivity contribution < 1.29 is 9.84 Å². The normalized spacial score (nSPS) is 29.1. The van der Waals surface area contributed by atoms with Gasteiger partial charge in [-0.1, -0.05) is 11.6 Å². The summed E-state index contributed by atoms with van der Waals surface area (Å²) in [5.74, 6) is 0.858. The standard InChI is InChI=1S/C15H21NO2/c1-9-7-10(2)13-11(8-9)12(17)14(16)15(18-13)5-3-4-6-15/h7-8,12,14,17H,3-6,16H2,1-2H3. The second kappa shape index (κ2) is 3.97. The summed E-state index contributed by atoms with van der Waals surface area (Å²) >= 11 is 0. The van der Waals surface area contributed by atoms with Crippen LogP contribution in [0, 0.1) is 13.8 Å². The number of hydrogen-bond donors (Lipinski definition) is 2. The number of fused-ring (bicyclic) bond motifs is 1. The molecule has 1 heterocycles. The predicted octanol–water partition coefficient (Wildman–Crippen LogP) is 2.37. The van der Waals surface area contributed by atoms with E-state index in [9.17, 15) is 5.11 Å². The van der Waals surface area contributed by atoms with Crippen LogP contribution in [0.15, 0.2) is 12.1 Å². The fourth-order valence-electron chi connectivity index (χ4n) is 3.51. The molecule has 1 spiro atoms. The van der Waals surface area contributed by atoms with Gasteiger partial charge in [0, 0.05) is 5.56 Å². The quantitative estimate of drug-likeness (QED) is 0.740. The van der Waals surface area contributed by atoms with Crippen LogP contribution in [-0.2, 0) is 0 Å². The Morgan fingerprint density at radius 3 is 2.61 bits per heavy atom. The summed E-state index contributed by atoms with van der Waals surface area (Å²) in [5, 5.41) is 10.5. The van der Waals surface area contributed by atoms with E-state index in [0.717, 1.165) is 48.1 Å². The summed E-state index contributed by atoms with van der Waals surface area (Å²) in [6.45, 7) is 4.07. The van der Waals surface area contributed by atoms with Crippen molar-refractivity contribution in [3.05, 3.63) is 28.8 Å².